The van der Waals surface area contributed by atoms with Crippen LogP contribution in [-0.4, -0.2) is 35.4 Å². The van der Waals surface area contributed by atoms with E-state index in [-0.39, 0.29) is 11.4 Å². The Hall–Kier alpha value is -2.23. The first-order chi connectivity index (χ1) is 13.4. The van der Waals surface area contributed by atoms with Crippen LogP contribution in [0.4, 0.5) is 0 Å². The number of rotatable bonds is 9. The van der Waals surface area contributed by atoms with E-state index in [2.05, 4.69) is 15.3 Å². The summed E-state index contributed by atoms with van der Waals surface area (Å²) < 4.78 is 27.5. The molecule has 9 heteroatoms. The molecule has 0 aliphatic heterocycles. The van der Waals surface area contributed by atoms with Crippen LogP contribution < -0.4 is 10.9 Å². The topological polar surface area (TPSA) is 96.8 Å². The average molecular weight is 421 g/mol. The van der Waals surface area contributed by atoms with Crippen molar-refractivity contribution in [2.24, 2.45) is 0 Å². The van der Waals surface area contributed by atoms with Crippen LogP contribution in [-0.2, 0) is 22.8 Å². The summed E-state index contributed by atoms with van der Waals surface area (Å²) in [4.78, 5) is 19.6. The standard InChI is InChI=1S/C19H24N4O3S2/c1-3-15-11-16(14(2)22-19(15)24)17-5-6-18(27-17)28(25,26)13-21-7-4-9-23-10-8-20-12-23/h5-6,8,10-12,21H,3-4,7,9,13H2,1-2H3,(H,22,24). The monoisotopic (exact) mass is 420 g/mol. The molecule has 3 aromatic rings. The lowest BCUT2D eigenvalue weighted by molar-refractivity contribution is 0.574. The van der Waals surface area contributed by atoms with Crippen LogP contribution in [0.2, 0.25) is 0 Å². The fraction of sp³-hybridized carbons (Fsp3) is 0.368. The van der Waals surface area contributed by atoms with Gasteiger partial charge in [0.25, 0.3) is 5.56 Å². The van der Waals surface area contributed by atoms with E-state index in [4.69, 9.17) is 0 Å². The summed E-state index contributed by atoms with van der Waals surface area (Å²) in [6, 6.07) is 5.29. The third-order valence-electron chi connectivity index (χ3n) is 4.47. The number of sulfone groups is 1. The van der Waals surface area contributed by atoms with Crippen molar-refractivity contribution in [2.75, 3.05) is 12.4 Å². The zero-order valence-corrected chi connectivity index (χ0v) is 17.6. The summed E-state index contributed by atoms with van der Waals surface area (Å²) >= 11 is 1.23. The van der Waals surface area contributed by atoms with Gasteiger partial charge in [0.05, 0.1) is 6.33 Å². The molecule has 3 aromatic heterocycles. The molecule has 28 heavy (non-hydrogen) atoms. The Morgan fingerprint density at radius 3 is 2.86 bits per heavy atom. The predicted octanol–water partition coefficient (Wildman–Crippen LogP) is 2.58. The molecule has 0 aliphatic rings. The van der Waals surface area contributed by atoms with E-state index in [0.29, 0.717) is 22.7 Å². The number of nitrogens with zero attached hydrogens (tertiary/aromatic N) is 2. The molecule has 2 N–H and O–H groups in total. The molecule has 0 saturated heterocycles. The van der Waals surface area contributed by atoms with Crippen molar-refractivity contribution in [3.8, 4) is 10.4 Å². The highest BCUT2D eigenvalue weighted by molar-refractivity contribution is 7.93. The van der Waals surface area contributed by atoms with Crippen LogP contribution in [0, 0.1) is 6.92 Å². The van der Waals surface area contributed by atoms with Gasteiger partial charge in [0.2, 0.25) is 9.84 Å². The Morgan fingerprint density at radius 2 is 2.14 bits per heavy atom. The van der Waals surface area contributed by atoms with Crippen LogP contribution in [0.5, 0.6) is 0 Å². The van der Waals surface area contributed by atoms with Gasteiger partial charge in [-0.15, -0.1) is 11.3 Å². The molecule has 150 valence electrons. The van der Waals surface area contributed by atoms with Crippen molar-refractivity contribution in [3.05, 3.63) is 58.5 Å². The number of nitrogens with one attached hydrogen (secondary N) is 2. The summed E-state index contributed by atoms with van der Waals surface area (Å²) in [5, 5.41) is 3.01. The molecule has 0 amide bonds. The molecule has 7 nitrogen and oxygen atoms in total. The highest BCUT2D eigenvalue weighted by Gasteiger charge is 2.18. The molecule has 0 atom stereocenters. The van der Waals surface area contributed by atoms with E-state index in [1.165, 1.54) is 11.3 Å². The summed E-state index contributed by atoms with van der Waals surface area (Å²) in [6.07, 6.45) is 6.79. The number of aromatic nitrogens is 3. The number of H-pyrrole nitrogens is 1. The quantitative estimate of drug-likeness (QED) is 0.519. The van der Waals surface area contributed by atoms with Crippen molar-refractivity contribution in [1.29, 1.82) is 0 Å². The van der Waals surface area contributed by atoms with E-state index in [0.717, 1.165) is 29.1 Å². The van der Waals surface area contributed by atoms with Crippen molar-refractivity contribution in [1.82, 2.24) is 19.9 Å². The minimum absolute atomic E-state index is 0.0898. The third-order valence-corrected chi connectivity index (χ3v) is 7.73. The average Bonchev–Trinajstić information content (AvgIpc) is 3.34. The Labute approximate surface area is 168 Å². The Balaban J connectivity index is 1.64. The van der Waals surface area contributed by atoms with Gasteiger partial charge in [0.1, 0.15) is 10.1 Å². The maximum atomic E-state index is 12.6. The first-order valence-electron chi connectivity index (χ1n) is 9.13. The van der Waals surface area contributed by atoms with Crippen LogP contribution in [0.3, 0.4) is 0 Å². The number of hydrogen-bond donors (Lipinski definition) is 2. The van der Waals surface area contributed by atoms with Crippen LogP contribution in [0.15, 0.2) is 45.9 Å². The summed E-state index contributed by atoms with van der Waals surface area (Å²) in [6.45, 7) is 5.15. The van der Waals surface area contributed by atoms with Gasteiger partial charge in [0.15, 0.2) is 0 Å². The maximum Gasteiger partial charge on any atom is 0.251 e. The molecule has 3 rings (SSSR count). The molecule has 0 bridgehead atoms. The molecule has 0 saturated carbocycles. The third kappa shape index (κ3) is 4.78. The van der Waals surface area contributed by atoms with E-state index < -0.39 is 9.84 Å². The lowest BCUT2D eigenvalue weighted by atomic mass is 10.1. The number of aromatic amines is 1. The first-order valence-corrected chi connectivity index (χ1v) is 11.6. The fourth-order valence-electron chi connectivity index (χ4n) is 2.90. The Morgan fingerprint density at radius 1 is 1.32 bits per heavy atom. The van der Waals surface area contributed by atoms with Crippen molar-refractivity contribution in [2.45, 2.75) is 37.4 Å². The summed E-state index contributed by atoms with van der Waals surface area (Å²) in [7, 11) is -3.40. The first kappa shape index (κ1) is 20.5. The highest BCUT2D eigenvalue weighted by atomic mass is 32.2. The van der Waals surface area contributed by atoms with Crippen molar-refractivity contribution < 1.29 is 8.42 Å². The largest absolute Gasteiger partial charge is 0.337 e. The summed E-state index contributed by atoms with van der Waals surface area (Å²) in [5.74, 6) is -0.0955. The SMILES string of the molecule is CCc1cc(-c2ccc(S(=O)(=O)CNCCCn3ccnc3)s2)c(C)[nH]c1=O. The number of aryl methyl sites for hydroxylation is 3. The Bertz CT molecular complexity index is 1080. The van der Waals surface area contributed by atoms with Gasteiger partial charge < -0.3 is 14.9 Å². The molecule has 0 aliphatic carbocycles. The van der Waals surface area contributed by atoms with Gasteiger partial charge in [-0.1, -0.05) is 6.92 Å². The molecule has 0 radical (unpaired) electrons. The van der Waals surface area contributed by atoms with Crippen molar-refractivity contribution >= 4 is 21.2 Å². The van der Waals surface area contributed by atoms with Crippen molar-refractivity contribution in [3.63, 3.8) is 0 Å². The fourth-order valence-corrected chi connectivity index (χ4v) is 5.50. The van der Waals surface area contributed by atoms with Crippen LogP contribution in [0.25, 0.3) is 10.4 Å². The maximum absolute atomic E-state index is 12.6. The second kappa shape index (κ2) is 8.85. The normalized spacial score (nSPS) is 11.8. The molecule has 0 spiro atoms. The van der Waals surface area contributed by atoms with E-state index in [9.17, 15) is 13.2 Å². The van der Waals surface area contributed by atoms with E-state index in [1.54, 1.807) is 24.7 Å². The number of thiophene rings is 1. The van der Waals surface area contributed by atoms with Crippen LogP contribution >= 0.6 is 11.3 Å². The lowest BCUT2D eigenvalue weighted by Gasteiger charge is -2.06. The smallest absolute Gasteiger partial charge is 0.251 e. The van der Waals surface area contributed by atoms with Gasteiger partial charge in [-0.25, -0.2) is 13.4 Å². The zero-order valence-electron chi connectivity index (χ0n) is 15.9. The second-order valence-electron chi connectivity index (χ2n) is 6.55. The Kier molecular flexibility index (Phi) is 6.48. The van der Waals surface area contributed by atoms with Gasteiger partial charge in [0, 0.05) is 40.6 Å². The highest BCUT2D eigenvalue weighted by Crippen LogP contribution is 2.32. The number of imidazole rings is 1. The number of pyridine rings is 1. The second-order valence-corrected chi connectivity index (χ2v) is 9.85. The van der Waals surface area contributed by atoms with Gasteiger partial charge >= 0.3 is 0 Å². The molecule has 3 heterocycles. The van der Waals surface area contributed by atoms with E-state index >= 15 is 0 Å². The number of hydrogen-bond acceptors (Lipinski definition) is 6. The van der Waals surface area contributed by atoms with Gasteiger partial charge in [-0.3, -0.25) is 4.79 Å². The molecule has 0 fully saturated rings. The lowest BCUT2D eigenvalue weighted by Crippen LogP contribution is -2.24. The minimum atomic E-state index is -3.40. The molecular weight excluding hydrogens is 396 g/mol. The van der Waals surface area contributed by atoms with Gasteiger partial charge in [-0.05, 0) is 44.5 Å². The molecule has 0 aromatic carbocycles. The molecular formula is C19H24N4O3S2. The molecule has 0 unspecified atom stereocenters. The summed E-state index contributed by atoms with van der Waals surface area (Å²) in [5.41, 5.74) is 2.22. The zero-order chi connectivity index (χ0) is 20.1. The van der Waals surface area contributed by atoms with E-state index in [1.807, 2.05) is 30.7 Å². The minimum Gasteiger partial charge on any atom is -0.337 e. The predicted molar refractivity (Wildman–Crippen MR) is 111 cm³/mol. The van der Waals surface area contributed by atoms with Gasteiger partial charge in [-0.2, -0.15) is 0 Å². The van der Waals surface area contributed by atoms with Crippen LogP contribution in [0.1, 0.15) is 24.6 Å².